The van der Waals surface area contributed by atoms with E-state index in [1.165, 1.54) is 19.8 Å². The van der Waals surface area contributed by atoms with Crippen molar-refractivity contribution in [3.63, 3.8) is 0 Å². The highest BCUT2D eigenvalue weighted by Crippen LogP contribution is 2.37. The van der Waals surface area contributed by atoms with E-state index in [-0.39, 0.29) is 29.7 Å². The molecule has 170 valence electrons. The molecule has 3 rings (SSSR count). The van der Waals surface area contributed by atoms with Gasteiger partial charge in [0.2, 0.25) is 5.75 Å². The van der Waals surface area contributed by atoms with Crippen molar-refractivity contribution in [2.75, 3.05) is 47.4 Å². The molecule has 9 heteroatoms. The van der Waals surface area contributed by atoms with Gasteiger partial charge in [0, 0.05) is 51.3 Å². The Kier molecular flexibility index (Phi) is 9.98. The molecule has 0 spiro atoms. The molecule has 0 atom stereocenters. The van der Waals surface area contributed by atoms with Crippen LogP contribution < -0.4 is 14.8 Å². The van der Waals surface area contributed by atoms with Crippen LogP contribution in [-0.2, 0) is 13.1 Å². The standard InChI is InChI=1S/C22H29ClN4O3.HI/c1-24-22(25-14-17-12-19(29-2)21(28)20(13-17)30-3)27-9-7-26(8-10-27)15-16-5-4-6-18(23)11-16;/h4-6,11-13,28H,7-10,14-15H2,1-3H3,(H,24,25);1H. The molecule has 1 heterocycles. The van der Waals surface area contributed by atoms with Crippen LogP contribution in [0.15, 0.2) is 41.4 Å². The first kappa shape index (κ1) is 25.4. The molecule has 2 aromatic carbocycles. The largest absolute Gasteiger partial charge is 0.502 e. The first-order chi connectivity index (χ1) is 14.5. The van der Waals surface area contributed by atoms with Gasteiger partial charge >= 0.3 is 0 Å². The van der Waals surface area contributed by atoms with E-state index in [1.54, 1.807) is 19.2 Å². The maximum atomic E-state index is 10.1. The fourth-order valence-electron chi connectivity index (χ4n) is 3.57. The van der Waals surface area contributed by atoms with Crippen LogP contribution in [0.3, 0.4) is 0 Å². The van der Waals surface area contributed by atoms with Gasteiger partial charge in [-0.3, -0.25) is 9.89 Å². The molecule has 0 aromatic heterocycles. The lowest BCUT2D eigenvalue weighted by Gasteiger charge is -2.36. The van der Waals surface area contributed by atoms with Gasteiger partial charge in [0.1, 0.15) is 0 Å². The second-order valence-electron chi connectivity index (χ2n) is 7.14. The van der Waals surface area contributed by atoms with Crippen molar-refractivity contribution < 1.29 is 14.6 Å². The fraction of sp³-hybridized carbons (Fsp3) is 0.409. The van der Waals surface area contributed by atoms with Crippen molar-refractivity contribution in [3.05, 3.63) is 52.5 Å². The van der Waals surface area contributed by atoms with Gasteiger partial charge in [-0.25, -0.2) is 0 Å². The number of nitrogens with zero attached hydrogens (tertiary/aromatic N) is 3. The fourth-order valence-corrected chi connectivity index (χ4v) is 3.79. The second kappa shape index (κ2) is 12.2. The van der Waals surface area contributed by atoms with Gasteiger partial charge in [0.25, 0.3) is 0 Å². The third kappa shape index (κ3) is 6.78. The predicted octanol–water partition coefficient (Wildman–Crippen LogP) is 3.57. The zero-order valence-corrected chi connectivity index (χ0v) is 21.2. The number of halogens is 2. The summed E-state index contributed by atoms with van der Waals surface area (Å²) in [5.41, 5.74) is 2.16. The minimum Gasteiger partial charge on any atom is -0.502 e. The van der Waals surface area contributed by atoms with Crippen molar-refractivity contribution in [1.29, 1.82) is 0 Å². The molecule has 0 unspecified atom stereocenters. The maximum Gasteiger partial charge on any atom is 0.200 e. The number of guanidine groups is 1. The minimum absolute atomic E-state index is 0. The Hall–Kier alpha value is -1.91. The lowest BCUT2D eigenvalue weighted by Crippen LogP contribution is -2.52. The Morgan fingerprint density at radius 1 is 1.06 bits per heavy atom. The van der Waals surface area contributed by atoms with E-state index < -0.39 is 0 Å². The van der Waals surface area contributed by atoms with Crippen LogP contribution in [0.4, 0.5) is 0 Å². The molecule has 1 saturated heterocycles. The summed E-state index contributed by atoms with van der Waals surface area (Å²) in [6.45, 7) is 5.13. The highest BCUT2D eigenvalue weighted by atomic mass is 127. The second-order valence-corrected chi connectivity index (χ2v) is 7.58. The number of aliphatic imine (C=N–C) groups is 1. The molecular formula is C22H30ClIN4O3. The molecular weight excluding hydrogens is 531 g/mol. The molecule has 0 amide bonds. The molecule has 0 saturated carbocycles. The van der Waals surface area contributed by atoms with Crippen LogP contribution in [-0.4, -0.2) is 68.3 Å². The van der Waals surface area contributed by atoms with E-state index in [4.69, 9.17) is 21.1 Å². The van der Waals surface area contributed by atoms with E-state index in [2.05, 4.69) is 26.2 Å². The number of rotatable bonds is 6. The normalized spacial score (nSPS) is 14.7. The number of benzene rings is 2. The lowest BCUT2D eigenvalue weighted by atomic mass is 10.2. The predicted molar refractivity (Wildman–Crippen MR) is 135 cm³/mol. The molecule has 7 nitrogen and oxygen atoms in total. The van der Waals surface area contributed by atoms with Crippen LogP contribution >= 0.6 is 35.6 Å². The van der Waals surface area contributed by atoms with Gasteiger partial charge in [-0.15, -0.1) is 24.0 Å². The number of nitrogens with one attached hydrogen (secondary N) is 1. The number of phenols is 1. The third-order valence-corrected chi connectivity index (χ3v) is 5.40. The van der Waals surface area contributed by atoms with Crippen LogP contribution in [0, 0.1) is 0 Å². The molecule has 1 aliphatic heterocycles. The summed E-state index contributed by atoms with van der Waals surface area (Å²) >= 11 is 6.10. The van der Waals surface area contributed by atoms with Gasteiger partial charge < -0.3 is 24.8 Å². The number of phenolic OH excluding ortho intramolecular Hbond substituents is 1. The van der Waals surface area contributed by atoms with Gasteiger partial charge in [-0.2, -0.15) is 0 Å². The highest BCUT2D eigenvalue weighted by Gasteiger charge is 2.20. The molecule has 31 heavy (non-hydrogen) atoms. The highest BCUT2D eigenvalue weighted by molar-refractivity contribution is 14.0. The summed E-state index contributed by atoms with van der Waals surface area (Å²) in [6.07, 6.45) is 0. The molecule has 1 aliphatic rings. The number of piperazine rings is 1. The third-order valence-electron chi connectivity index (χ3n) is 5.17. The van der Waals surface area contributed by atoms with Crippen LogP contribution in [0.25, 0.3) is 0 Å². The summed E-state index contributed by atoms with van der Waals surface area (Å²) in [7, 11) is 4.83. The first-order valence-corrected chi connectivity index (χ1v) is 10.3. The Morgan fingerprint density at radius 3 is 2.26 bits per heavy atom. The average molecular weight is 561 g/mol. The monoisotopic (exact) mass is 560 g/mol. The summed E-state index contributed by atoms with van der Waals surface area (Å²) in [4.78, 5) is 9.11. The van der Waals surface area contributed by atoms with Crippen molar-refractivity contribution >= 4 is 41.5 Å². The minimum atomic E-state index is 0. The summed E-state index contributed by atoms with van der Waals surface area (Å²) in [6, 6.07) is 11.6. The molecule has 0 aliphatic carbocycles. The van der Waals surface area contributed by atoms with Crippen LogP contribution in [0.1, 0.15) is 11.1 Å². The van der Waals surface area contributed by atoms with Crippen molar-refractivity contribution in [2.45, 2.75) is 13.1 Å². The topological polar surface area (TPSA) is 69.6 Å². The first-order valence-electron chi connectivity index (χ1n) is 9.90. The van der Waals surface area contributed by atoms with Crippen LogP contribution in [0.5, 0.6) is 17.2 Å². The van der Waals surface area contributed by atoms with E-state index in [9.17, 15) is 5.11 Å². The number of hydrogen-bond acceptors (Lipinski definition) is 5. The summed E-state index contributed by atoms with van der Waals surface area (Å²) in [5.74, 6) is 1.62. The van der Waals surface area contributed by atoms with Gasteiger partial charge in [0.15, 0.2) is 17.5 Å². The molecule has 2 aromatic rings. The SMILES string of the molecule is CN=C(NCc1cc(OC)c(O)c(OC)c1)N1CCN(Cc2cccc(Cl)c2)CC1.I. The number of ether oxygens (including phenoxy) is 2. The maximum absolute atomic E-state index is 10.1. The molecule has 2 N–H and O–H groups in total. The van der Waals surface area contributed by atoms with Gasteiger partial charge in [0.05, 0.1) is 14.2 Å². The van der Waals surface area contributed by atoms with Gasteiger partial charge in [-0.1, -0.05) is 23.7 Å². The molecule has 1 fully saturated rings. The van der Waals surface area contributed by atoms with Crippen molar-refractivity contribution in [2.24, 2.45) is 4.99 Å². The number of hydrogen-bond donors (Lipinski definition) is 2. The van der Waals surface area contributed by atoms with E-state index in [1.807, 2.05) is 18.2 Å². The zero-order valence-electron chi connectivity index (χ0n) is 18.1. The van der Waals surface area contributed by atoms with Crippen molar-refractivity contribution in [1.82, 2.24) is 15.1 Å². The van der Waals surface area contributed by atoms with Crippen molar-refractivity contribution in [3.8, 4) is 17.2 Å². The number of aromatic hydroxyl groups is 1. The smallest absolute Gasteiger partial charge is 0.200 e. The Labute approximate surface area is 206 Å². The Bertz CT molecular complexity index is 864. The Balaban J connectivity index is 0.00000341. The number of methoxy groups -OCH3 is 2. The van der Waals surface area contributed by atoms with E-state index in [0.29, 0.717) is 18.0 Å². The summed E-state index contributed by atoms with van der Waals surface area (Å²) in [5, 5.41) is 14.2. The van der Waals surface area contributed by atoms with E-state index >= 15 is 0 Å². The average Bonchev–Trinajstić information content (AvgIpc) is 2.76. The Morgan fingerprint density at radius 2 is 1.71 bits per heavy atom. The van der Waals surface area contributed by atoms with Crippen LogP contribution in [0.2, 0.25) is 5.02 Å². The lowest BCUT2D eigenvalue weighted by molar-refractivity contribution is 0.172. The molecule has 0 bridgehead atoms. The van der Waals surface area contributed by atoms with Gasteiger partial charge in [-0.05, 0) is 35.4 Å². The van der Waals surface area contributed by atoms with E-state index in [0.717, 1.165) is 49.3 Å². The summed E-state index contributed by atoms with van der Waals surface area (Å²) < 4.78 is 10.5. The molecule has 0 radical (unpaired) electrons. The quantitative estimate of drug-likeness (QED) is 0.320. The zero-order chi connectivity index (χ0) is 21.5.